The molecule has 0 aliphatic heterocycles. The van der Waals surface area contributed by atoms with Crippen LogP contribution in [-0.2, 0) is 0 Å². The van der Waals surface area contributed by atoms with Crippen LogP contribution < -0.4 is 11.5 Å². The van der Waals surface area contributed by atoms with Crippen molar-refractivity contribution in [1.29, 1.82) is 0 Å². The maximum absolute atomic E-state index is 6.47. The van der Waals surface area contributed by atoms with Crippen LogP contribution in [0.25, 0.3) is 0 Å². The molecule has 0 bridgehead atoms. The zero-order valence-electron chi connectivity index (χ0n) is 15.1. The summed E-state index contributed by atoms with van der Waals surface area (Å²) in [6, 6.07) is 1.69. The van der Waals surface area contributed by atoms with E-state index in [9.17, 15) is 0 Å². The summed E-state index contributed by atoms with van der Waals surface area (Å²) in [4.78, 5) is 2.85. The molecule has 3 nitrogen and oxygen atoms in total. The molecule has 0 aromatic carbocycles. The molecule has 23 heavy (non-hydrogen) atoms. The second-order valence-electron chi connectivity index (χ2n) is 8.66. The molecule has 134 valence electrons. The third kappa shape index (κ3) is 4.93. The average Bonchev–Trinajstić information content (AvgIpc) is 2.59. The van der Waals surface area contributed by atoms with Gasteiger partial charge in [0.05, 0.1) is 0 Å². The summed E-state index contributed by atoms with van der Waals surface area (Å²) in [5.74, 6) is 1.45. The summed E-state index contributed by atoms with van der Waals surface area (Å²) in [5.41, 5.74) is 12.9. The maximum Gasteiger partial charge on any atom is 0.00955 e. The average molecular weight is 322 g/mol. The first-order chi connectivity index (χ1) is 11.2. The first-order valence-corrected chi connectivity index (χ1v) is 10.5. The molecule has 0 radical (unpaired) electrons. The van der Waals surface area contributed by atoms with Gasteiger partial charge in [-0.05, 0) is 50.4 Å². The minimum Gasteiger partial charge on any atom is -0.327 e. The Morgan fingerprint density at radius 1 is 0.565 bits per heavy atom. The molecule has 4 unspecified atom stereocenters. The van der Waals surface area contributed by atoms with E-state index in [0.717, 1.165) is 17.9 Å². The quantitative estimate of drug-likeness (QED) is 0.812. The van der Waals surface area contributed by atoms with Crippen LogP contribution >= 0.6 is 0 Å². The second kappa shape index (κ2) is 8.82. The first kappa shape index (κ1) is 17.7. The Balaban J connectivity index is 1.62. The molecule has 3 rings (SSSR count). The van der Waals surface area contributed by atoms with Crippen LogP contribution in [0.5, 0.6) is 0 Å². The van der Waals surface area contributed by atoms with Gasteiger partial charge < -0.3 is 11.5 Å². The van der Waals surface area contributed by atoms with Crippen LogP contribution in [-0.4, -0.2) is 36.1 Å². The van der Waals surface area contributed by atoms with Crippen molar-refractivity contribution in [2.45, 2.75) is 102 Å². The minimum atomic E-state index is 0.440. The highest BCUT2D eigenvalue weighted by atomic mass is 15.2. The van der Waals surface area contributed by atoms with E-state index in [2.05, 4.69) is 4.90 Å². The van der Waals surface area contributed by atoms with E-state index in [4.69, 9.17) is 11.5 Å². The van der Waals surface area contributed by atoms with Crippen molar-refractivity contribution in [3.8, 4) is 0 Å². The molecule has 3 heteroatoms. The Labute approximate surface area is 143 Å². The van der Waals surface area contributed by atoms with Gasteiger partial charge in [0.1, 0.15) is 0 Å². The fourth-order valence-electron chi connectivity index (χ4n) is 5.35. The number of hydrogen-bond acceptors (Lipinski definition) is 3. The van der Waals surface area contributed by atoms with E-state index >= 15 is 0 Å². The standard InChI is InChI=1S/C20H39N3/c21-19-12-6-4-8-16(19)14-23(18-10-2-1-3-11-18)15-17-9-5-7-13-20(17)22/h16-20H,1-15,21-22H2. The highest BCUT2D eigenvalue weighted by molar-refractivity contribution is 4.88. The van der Waals surface area contributed by atoms with E-state index in [1.54, 1.807) is 0 Å². The van der Waals surface area contributed by atoms with Gasteiger partial charge in [-0.3, -0.25) is 4.90 Å². The number of rotatable bonds is 5. The number of hydrogen-bond donors (Lipinski definition) is 2. The van der Waals surface area contributed by atoms with Crippen LogP contribution in [0.3, 0.4) is 0 Å². The minimum absolute atomic E-state index is 0.440. The zero-order valence-corrected chi connectivity index (χ0v) is 15.1. The molecule has 3 aliphatic rings. The second-order valence-corrected chi connectivity index (χ2v) is 8.66. The van der Waals surface area contributed by atoms with Gasteiger partial charge in [0, 0.05) is 31.2 Å². The van der Waals surface area contributed by atoms with Crippen molar-refractivity contribution in [3.63, 3.8) is 0 Å². The van der Waals surface area contributed by atoms with Crippen molar-refractivity contribution >= 4 is 0 Å². The van der Waals surface area contributed by atoms with E-state index < -0.39 is 0 Å². The molecule has 4 N–H and O–H groups in total. The summed E-state index contributed by atoms with van der Waals surface area (Å²) < 4.78 is 0. The first-order valence-electron chi connectivity index (χ1n) is 10.5. The van der Waals surface area contributed by atoms with Gasteiger partial charge in [0.25, 0.3) is 0 Å². The third-order valence-electron chi connectivity index (χ3n) is 6.96. The Morgan fingerprint density at radius 3 is 1.48 bits per heavy atom. The summed E-state index contributed by atoms with van der Waals surface area (Å²) in [5, 5.41) is 0. The monoisotopic (exact) mass is 321 g/mol. The third-order valence-corrected chi connectivity index (χ3v) is 6.96. The normalized spacial score (nSPS) is 37.2. The molecular weight excluding hydrogens is 282 g/mol. The highest BCUT2D eigenvalue weighted by Gasteiger charge is 2.31. The van der Waals surface area contributed by atoms with Gasteiger partial charge in [0.2, 0.25) is 0 Å². The van der Waals surface area contributed by atoms with E-state index in [-0.39, 0.29) is 0 Å². The van der Waals surface area contributed by atoms with Gasteiger partial charge >= 0.3 is 0 Å². The smallest absolute Gasteiger partial charge is 0.00955 e. The number of nitrogens with two attached hydrogens (primary N) is 2. The van der Waals surface area contributed by atoms with Gasteiger partial charge in [-0.2, -0.15) is 0 Å². The molecule has 4 atom stereocenters. The Kier molecular flexibility index (Phi) is 6.79. The SMILES string of the molecule is NC1CCCCC1CN(CC1CCCCC1N)C1CCCCC1. The number of nitrogens with zero attached hydrogens (tertiary/aromatic N) is 1. The van der Waals surface area contributed by atoms with E-state index in [0.29, 0.717) is 12.1 Å². The molecule has 3 fully saturated rings. The van der Waals surface area contributed by atoms with E-state index in [1.165, 1.54) is 96.6 Å². The zero-order chi connectivity index (χ0) is 16.1. The van der Waals surface area contributed by atoms with E-state index in [1.807, 2.05) is 0 Å². The lowest BCUT2D eigenvalue weighted by Gasteiger charge is -2.42. The summed E-state index contributed by atoms with van der Waals surface area (Å²) in [7, 11) is 0. The lowest BCUT2D eigenvalue weighted by Crippen LogP contribution is -2.50. The van der Waals surface area contributed by atoms with Gasteiger partial charge in [0.15, 0.2) is 0 Å². The Hall–Kier alpha value is -0.120. The molecule has 0 aromatic heterocycles. The predicted molar refractivity (Wildman–Crippen MR) is 98.3 cm³/mol. The molecular formula is C20H39N3. The summed E-state index contributed by atoms with van der Waals surface area (Å²) in [6.45, 7) is 2.49. The topological polar surface area (TPSA) is 55.3 Å². The van der Waals surface area contributed by atoms with Gasteiger partial charge in [-0.15, -0.1) is 0 Å². The van der Waals surface area contributed by atoms with Crippen molar-refractivity contribution in [3.05, 3.63) is 0 Å². The van der Waals surface area contributed by atoms with Crippen LogP contribution in [0.2, 0.25) is 0 Å². The van der Waals surface area contributed by atoms with Crippen molar-refractivity contribution in [2.75, 3.05) is 13.1 Å². The molecule has 0 heterocycles. The van der Waals surface area contributed by atoms with Crippen LogP contribution in [0.15, 0.2) is 0 Å². The van der Waals surface area contributed by atoms with Gasteiger partial charge in [-0.1, -0.05) is 44.9 Å². The molecule has 3 aliphatic carbocycles. The largest absolute Gasteiger partial charge is 0.327 e. The summed E-state index contributed by atoms with van der Waals surface area (Å²) >= 11 is 0. The van der Waals surface area contributed by atoms with Crippen LogP contribution in [0.1, 0.15) is 83.5 Å². The maximum atomic E-state index is 6.47. The van der Waals surface area contributed by atoms with Crippen molar-refractivity contribution in [2.24, 2.45) is 23.3 Å². The fraction of sp³-hybridized carbons (Fsp3) is 1.00. The van der Waals surface area contributed by atoms with Crippen LogP contribution in [0.4, 0.5) is 0 Å². The fourth-order valence-corrected chi connectivity index (χ4v) is 5.35. The molecule has 0 aromatic rings. The lowest BCUT2D eigenvalue weighted by molar-refractivity contribution is 0.0825. The Morgan fingerprint density at radius 2 is 1.00 bits per heavy atom. The summed E-state index contributed by atoms with van der Waals surface area (Å²) in [6.07, 6.45) is 17.7. The van der Waals surface area contributed by atoms with Crippen molar-refractivity contribution < 1.29 is 0 Å². The van der Waals surface area contributed by atoms with Crippen LogP contribution in [0, 0.1) is 11.8 Å². The van der Waals surface area contributed by atoms with Crippen molar-refractivity contribution in [1.82, 2.24) is 4.90 Å². The molecule has 3 saturated carbocycles. The highest BCUT2D eigenvalue weighted by Crippen LogP contribution is 2.31. The lowest BCUT2D eigenvalue weighted by atomic mass is 9.81. The van der Waals surface area contributed by atoms with Gasteiger partial charge in [-0.25, -0.2) is 0 Å². The Bertz CT molecular complexity index is 316. The molecule has 0 spiro atoms. The molecule has 0 amide bonds. The molecule has 0 saturated heterocycles. The predicted octanol–water partition coefficient (Wildman–Crippen LogP) is 3.66.